The lowest BCUT2D eigenvalue weighted by atomic mass is 10.1. The normalized spacial score (nSPS) is 11.0. The molecule has 1 aromatic carbocycles. The molecule has 110 valence electrons. The van der Waals surface area contributed by atoms with Gasteiger partial charge in [-0.3, -0.25) is 4.79 Å². The average Bonchev–Trinajstić information content (AvgIpc) is 2.92. The standard InChI is InChI=1S/C16H15ClO3S/c1-19-10-12-9-11(4-6-14(12)20-2)3-5-13(18)15-7-8-16(17)21-15/h3-9H,10H2,1-2H3/b5-3+. The molecular formula is C16H15ClO3S. The minimum atomic E-state index is -0.0593. The Bertz CT molecular complexity index is 661. The summed E-state index contributed by atoms with van der Waals surface area (Å²) in [6, 6.07) is 9.14. The van der Waals surface area contributed by atoms with Crippen molar-refractivity contribution in [3.05, 3.63) is 56.7 Å². The van der Waals surface area contributed by atoms with E-state index in [2.05, 4.69) is 0 Å². The predicted octanol–water partition coefficient (Wildman–Crippen LogP) is 4.45. The number of carbonyl (C=O) groups excluding carboxylic acids is 1. The van der Waals surface area contributed by atoms with Crippen molar-refractivity contribution < 1.29 is 14.3 Å². The molecule has 21 heavy (non-hydrogen) atoms. The molecule has 3 nitrogen and oxygen atoms in total. The topological polar surface area (TPSA) is 35.5 Å². The smallest absolute Gasteiger partial charge is 0.195 e. The summed E-state index contributed by atoms with van der Waals surface area (Å²) in [4.78, 5) is 12.6. The zero-order chi connectivity index (χ0) is 15.2. The van der Waals surface area contributed by atoms with Gasteiger partial charge in [0.25, 0.3) is 0 Å². The first-order valence-electron chi connectivity index (χ1n) is 6.27. The number of halogens is 1. The molecule has 0 aliphatic carbocycles. The number of thiophene rings is 1. The van der Waals surface area contributed by atoms with Crippen LogP contribution in [0.4, 0.5) is 0 Å². The van der Waals surface area contributed by atoms with Crippen LogP contribution in [0.1, 0.15) is 20.8 Å². The monoisotopic (exact) mass is 322 g/mol. The van der Waals surface area contributed by atoms with Crippen molar-refractivity contribution in [1.29, 1.82) is 0 Å². The van der Waals surface area contributed by atoms with E-state index in [1.807, 2.05) is 18.2 Å². The van der Waals surface area contributed by atoms with Gasteiger partial charge in [-0.1, -0.05) is 23.7 Å². The van der Waals surface area contributed by atoms with E-state index in [1.165, 1.54) is 11.3 Å². The predicted molar refractivity (Wildman–Crippen MR) is 86.4 cm³/mol. The first-order valence-corrected chi connectivity index (χ1v) is 7.47. The Kier molecular flexibility index (Phi) is 5.56. The van der Waals surface area contributed by atoms with E-state index in [9.17, 15) is 4.79 Å². The zero-order valence-corrected chi connectivity index (χ0v) is 13.3. The van der Waals surface area contributed by atoms with Crippen LogP contribution in [-0.2, 0) is 11.3 Å². The maximum absolute atomic E-state index is 12.0. The Balaban J connectivity index is 2.17. The molecule has 0 fully saturated rings. The SMILES string of the molecule is COCc1cc(/C=C/C(=O)c2ccc(Cl)s2)ccc1OC. The third-order valence-electron chi connectivity index (χ3n) is 2.85. The Labute approximate surface area is 132 Å². The van der Waals surface area contributed by atoms with Crippen LogP contribution in [-0.4, -0.2) is 20.0 Å². The molecule has 0 radical (unpaired) electrons. The van der Waals surface area contributed by atoms with Gasteiger partial charge in [0.15, 0.2) is 5.78 Å². The second-order valence-corrected chi connectivity index (χ2v) is 6.02. The summed E-state index contributed by atoms with van der Waals surface area (Å²) in [5.74, 6) is 0.710. The van der Waals surface area contributed by atoms with Gasteiger partial charge in [-0.15, -0.1) is 11.3 Å². The van der Waals surface area contributed by atoms with Crippen molar-refractivity contribution in [2.45, 2.75) is 6.61 Å². The number of carbonyl (C=O) groups is 1. The summed E-state index contributed by atoms with van der Waals surface area (Å²) >= 11 is 7.10. The summed E-state index contributed by atoms with van der Waals surface area (Å²) < 4.78 is 11.0. The molecule has 1 aromatic heterocycles. The first-order chi connectivity index (χ1) is 10.1. The second-order valence-electron chi connectivity index (χ2n) is 4.31. The van der Waals surface area contributed by atoms with E-state index >= 15 is 0 Å². The summed E-state index contributed by atoms with van der Waals surface area (Å²) in [5, 5.41) is 0. The van der Waals surface area contributed by atoms with Gasteiger partial charge >= 0.3 is 0 Å². The molecule has 0 N–H and O–H groups in total. The minimum Gasteiger partial charge on any atom is -0.496 e. The van der Waals surface area contributed by atoms with Crippen LogP contribution in [0.15, 0.2) is 36.4 Å². The molecule has 2 rings (SSSR count). The maximum atomic E-state index is 12.0. The van der Waals surface area contributed by atoms with Gasteiger partial charge in [-0.05, 0) is 35.9 Å². The minimum absolute atomic E-state index is 0.0593. The summed E-state index contributed by atoms with van der Waals surface area (Å²) in [6.45, 7) is 0.458. The van der Waals surface area contributed by atoms with Crippen molar-refractivity contribution in [2.75, 3.05) is 14.2 Å². The van der Waals surface area contributed by atoms with Crippen LogP contribution < -0.4 is 4.74 Å². The molecular weight excluding hydrogens is 308 g/mol. The first kappa shape index (κ1) is 15.8. The molecule has 0 saturated heterocycles. The van der Waals surface area contributed by atoms with Gasteiger partial charge in [0.2, 0.25) is 0 Å². The third kappa shape index (κ3) is 4.17. The molecule has 5 heteroatoms. The molecule has 0 atom stereocenters. The number of allylic oxidation sites excluding steroid dienone is 1. The third-order valence-corrected chi connectivity index (χ3v) is 4.09. The number of methoxy groups -OCH3 is 2. The lowest BCUT2D eigenvalue weighted by Gasteiger charge is -2.08. The highest BCUT2D eigenvalue weighted by atomic mass is 35.5. The maximum Gasteiger partial charge on any atom is 0.195 e. The zero-order valence-electron chi connectivity index (χ0n) is 11.8. The van der Waals surface area contributed by atoms with Gasteiger partial charge in [0.05, 0.1) is 22.9 Å². The Hall–Kier alpha value is -1.62. The molecule has 0 bridgehead atoms. The van der Waals surface area contributed by atoms with Crippen LogP contribution in [0.5, 0.6) is 5.75 Å². The molecule has 1 heterocycles. The van der Waals surface area contributed by atoms with Crippen LogP contribution in [0.2, 0.25) is 4.34 Å². The number of ether oxygens (including phenoxy) is 2. The van der Waals surface area contributed by atoms with Crippen molar-refractivity contribution in [1.82, 2.24) is 0 Å². The van der Waals surface area contributed by atoms with E-state index in [1.54, 1.807) is 38.5 Å². The number of hydrogen-bond acceptors (Lipinski definition) is 4. The molecule has 2 aromatic rings. The van der Waals surface area contributed by atoms with Crippen LogP contribution in [0.25, 0.3) is 6.08 Å². The summed E-state index contributed by atoms with van der Waals surface area (Å²) in [5.41, 5.74) is 1.85. The van der Waals surface area contributed by atoms with Gasteiger partial charge in [0, 0.05) is 12.7 Å². The number of hydrogen-bond donors (Lipinski definition) is 0. The van der Waals surface area contributed by atoms with E-state index < -0.39 is 0 Å². The molecule has 0 spiro atoms. The fraction of sp³-hybridized carbons (Fsp3) is 0.188. The van der Waals surface area contributed by atoms with E-state index in [0.29, 0.717) is 15.8 Å². The van der Waals surface area contributed by atoms with Gasteiger partial charge in [0.1, 0.15) is 5.75 Å². The molecule has 0 saturated carbocycles. The average molecular weight is 323 g/mol. The van der Waals surface area contributed by atoms with Crippen molar-refractivity contribution in [3.8, 4) is 5.75 Å². The Morgan fingerprint density at radius 2 is 2.10 bits per heavy atom. The van der Waals surface area contributed by atoms with Crippen LogP contribution >= 0.6 is 22.9 Å². The second kappa shape index (κ2) is 7.41. The lowest BCUT2D eigenvalue weighted by Crippen LogP contribution is -1.95. The van der Waals surface area contributed by atoms with Crippen LogP contribution in [0, 0.1) is 0 Å². The van der Waals surface area contributed by atoms with Crippen molar-refractivity contribution in [2.24, 2.45) is 0 Å². The lowest BCUT2D eigenvalue weighted by molar-refractivity contribution is 0.105. The van der Waals surface area contributed by atoms with Crippen molar-refractivity contribution in [3.63, 3.8) is 0 Å². The highest BCUT2D eigenvalue weighted by molar-refractivity contribution is 7.18. The number of rotatable bonds is 6. The van der Waals surface area contributed by atoms with Crippen LogP contribution in [0.3, 0.4) is 0 Å². The highest BCUT2D eigenvalue weighted by Gasteiger charge is 2.06. The van der Waals surface area contributed by atoms with Gasteiger partial charge in [-0.2, -0.15) is 0 Å². The molecule has 0 aliphatic heterocycles. The van der Waals surface area contributed by atoms with Gasteiger partial charge < -0.3 is 9.47 Å². The summed E-state index contributed by atoms with van der Waals surface area (Å²) in [7, 11) is 3.25. The number of ketones is 1. The van der Waals surface area contributed by atoms with E-state index in [-0.39, 0.29) is 5.78 Å². The number of benzene rings is 1. The molecule has 0 aliphatic rings. The largest absolute Gasteiger partial charge is 0.496 e. The summed E-state index contributed by atoms with van der Waals surface area (Å²) in [6.07, 6.45) is 3.31. The fourth-order valence-electron chi connectivity index (χ4n) is 1.87. The van der Waals surface area contributed by atoms with E-state index in [4.69, 9.17) is 21.1 Å². The Morgan fingerprint density at radius 3 is 2.71 bits per heavy atom. The quantitative estimate of drug-likeness (QED) is 0.582. The van der Waals surface area contributed by atoms with Crippen molar-refractivity contribution >= 4 is 34.8 Å². The van der Waals surface area contributed by atoms with Gasteiger partial charge in [-0.25, -0.2) is 0 Å². The fourth-order valence-corrected chi connectivity index (χ4v) is 2.83. The Morgan fingerprint density at radius 1 is 1.29 bits per heavy atom. The highest BCUT2D eigenvalue weighted by Crippen LogP contribution is 2.23. The molecule has 0 unspecified atom stereocenters. The molecule has 0 amide bonds. The van der Waals surface area contributed by atoms with E-state index in [0.717, 1.165) is 16.9 Å².